The van der Waals surface area contributed by atoms with Gasteiger partial charge < -0.3 is 14.4 Å². The third kappa shape index (κ3) is 6.06. The van der Waals surface area contributed by atoms with Gasteiger partial charge in [0.2, 0.25) is 0 Å². The predicted octanol–water partition coefficient (Wildman–Crippen LogP) is 3.80. The van der Waals surface area contributed by atoms with Crippen molar-refractivity contribution in [2.45, 2.75) is 19.9 Å². The number of ether oxygens (including phenoxy) is 2. The molecular weight excluding hydrogens is 502 g/mol. The van der Waals surface area contributed by atoms with Gasteiger partial charge in [-0.05, 0) is 35.9 Å². The number of pyridine rings is 1. The Hall–Kier alpha value is -3.66. The molecule has 40 heavy (non-hydrogen) atoms. The molecule has 0 N–H and O–H groups in total. The van der Waals surface area contributed by atoms with Crippen molar-refractivity contribution in [3.8, 4) is 22.5 Å². The summed E-state index contributed by atoms with van der Waals surface area (Å²) in [4.78, 5) is 18.8. The molecule has 2 aliphatic heterocycles. The lowest BCUT2D eigenvalue weighted by atomic mass is 9.89. The lowest BCUT2D eigenvalue weighted by molar-refractivity contribution is -0.111. The number of piperazine rings is 1. The molecule has 0 amide bonds. The summed E-state index contributed by atoms with van der Waals surface area (Å²) in [6, 6.07) is 14.8. The molecule has 1 aromatic carbocycles. The molecule has 0 unspecified atom stereocenters. The highest BCUT2D eigenvalue weighted by Gasteiger charge is 2.34. The fourth-order valence-electron chi connectivity index (χ4n) is 5.43. The van der Waals surface area contributed by atoms with Gasteiger partial charge in [-0.15, -0.1) is 0 Å². The van der Waals surface area contributed by atoms with Gasteiger partial charge in [-0.2, -0.15) is 5.10 Å². The first-order valence-electron chi connectivity index (χ1n) is 14.0. The Morgan fingerprint density at radius 2 is 1.82 bits per heavy atom. The monoisotopic (exact) mass is 539 g/mol. The Kier molecular flexibility index (Phi) is 7.86. The molecule has 0 saturated carbocycles. The van der Waals surface area contributed by atoms with Crippen molar-refractivity contribution < 1.29 is 9.47 Å². The zero-order valence-electron chi connectivity index (χ0n) is 23.4. The third-order valence-electron chi connectivity index (χ3n) is 7.77. The normalized spacial score (nSPS) is 17.1. The summed E-state index contributed by atoms with van der Waals surface area (Å²) < 4.78 is 12.7. The molecular formula is C31H37N7O2. The average Bonchev–Trinajstić information content (AvgIpc) is 3.40. The number of methoxy groups -OCH3 is 1. The zero-order chi connectivity index (χ0) is 27.4. The van der Waals surface area contributed by atoms with Gasteiger partial charge in [-0.25, -0.2) is 9.97 Å². The Balaban J connectivity index is 1.17. The van der Waals surface area contributed by atoms with E-state index in [2.05, 4.69) is 57.2 Å². The number of benzene rings is 1. The van der Waals surface area contributed by atoms with Gasteiger partial charge in [0.05, 0.1) is 32.1 Å². The molecule has 0 bridgehead atoms. The lowest BCUT2D eigenvalue weighted by Crippen LogP contribution is -2.47. The number of aromatic nitrogens is 5. The molecule has 0 atom stereocenters. The van der Waals surface area contributed by atoms with Crippen molar-refractivity contribution in [1.29, 1.82) is 0 Å². The van der Waals surface area contributed by atoms with Crippen LogP contribution in [0, 0.1) is 5.41 Å². The van der Waals surface area contributed by atoms with E-state index in [0.29, 0.717) is 6.42 Å². The second-order valence-electron chi connectivity index (χ2n) is 11.2. The van der Waals surface area contributed by atoms with Gasteiger partial charge in [-0.1, -0.05) is 19.1 Å². The molecule has 5 heterocycles. The van der Waals surface area contributed by atoms with Crippen molar-refractivity contribution in [2.75, 3.05) is 64.6 Å². The minimum atomic E-state index is 0.107. The van der Waals surface area contributed by atoms with Gasteiger partial charge in [0.25, 0.3) is 0 Å². The smallest absolute Gasteiger partial charge is 0.133 e. The number of rotatable bonds is 10. The molecule has 4 aromatic rings. The fourth-order valence-corrected chi connectivity index (χ4v) is 5.43. The standard InChI is InChI=1S/C31H37N7O2/c1-31(22-40-23-31)21-38-20-27(30(35-38)25-4-3-10-32-19-25)28-9-11-33-29(34-28)18-24-5-7-26(8-6-24)37-14-12-36(13-15-37)16-17-39-2/h3-11,19-20H,12-18,21-23H2,1-2H3. The highest BCUT2D eigenvalue weighted by Crippen LogP contribution is 2.33. The summed E-state index contributed by atoms with van der Waals surface area (Å²) >= 11 is 0. The maximum absolute atomic E-state index is 5.47. The van der Waals surface area contributed by atoms with E-state index in [9.17, 15) is 0 Å². The number of anilines is 1. The van der Waals surface area contributed by atoms with E-state index in [1.807, 2.05) is 35.3 Å². The van der Waals surface area contributed by atoms with Gasteiger partial charge in [0.15, 0.2) is 0 Å². The van der Waals surface area contributed by atoms with Crippen molar-refractivity contribution in [1.82, 2.24) is 29.6 Å². The summed E-state index contributed by atoms with van der Waals surface area (Å²) in [5.41, 5.74) is 6.28. The van der Waals surface area contributed by atoms with Gasteiger partial charge >= 0.3 is 0 Å². The summed E-state index contributed by atoms with van der Waals surface area (Å²) in [6.07, 6.45) is 8.25. The topological polar surface area (TPSA) is 81.4 Å². The first kappa shape index (κ1) is 26.6. The fraction of sp³-hybridized carbons (Fsp3) is 0.419. The maximum Gasteiger partial charge on any atom is 0.133 e. The van der Waals surface area contributed by atoms with Crippen LogP contribution in [-0.2, 0) is 22.4 Å². The summed E-state index contributed by atoms with van der Waals surface area (Å²) in [5.74, 6) is 0.793. The maximum atomic E-state index is 5.47. The molecule has 0 aliphatic carbocycles. The van der Waals surface area contributed by atoms with Gasteiger partial charge in [0, 0.05) is 93.3 Å². The van der Waals surface area contributed by atoms with E-state index < -0.39 is 0 Å². The van der Waals surface area contributed by atoms with Crippen molar-refractivity contribution in [3.05, 3.63) is 78.6 Å². The van der Waals surface area contributed by atoms with E-state index >= 15 is 0 Å². The Morgan fingerprint density at radius 3 is 2.52 bits per heavy atom. The quantitative estimate of drug-likeness (QED) is 0.301. The molecule has 3 aromatic heterocycles. The van der Waals surface area contributed by atoms with Crippen LogP contribution in [0.1, 0.15) is 18.3 Å². The Morgan fingerprint density at radius 1 is 1.00 bits per heavy atom. The Bertz CT molecular complexity index is 1390. The number of hydrogen-bond acceptors (Lipinski definition) is 8. The minimum absolute atomic E-state index is 0.107. The van der Waals surface area contributed by atoms with Crippen LogP contribution in [0.15, 0.2) is 67.3 Å². The molecule has 2 saturated heterocycles. The summed E-state index contributed by atoms with van der Waals surface area (Å²) in [5, 5.41) is 4.96. The van der Waals surface area contributed by atoms with Crippen molar-refractivity contribution in [3.63, 3.8) is 0 Å². The van der Waals surface area contributed by atoms with Crippen LogP contribution in [0.2, 0.25) is 0 Å². The van der Waals surface area contributed by atoms with E-state index in [1.165, 1.54) is 11.3 Å². The van der Waals surface area contributed by atoms with Crippen molar-refractivity contribution >= 4 is 5.69 Å². The third-order valence-corrected chi connectivity index (χ3v) is 7.77. The van der Waals surface area contributed by atoms with E-state index in [1.54, 1.807) is 13.3 Å². The van der Waals surface area contributed by atoms with Crippen LogP contribution in [-0.4, -0.2) is 89.3 Å². The highest BCUT2D eigenvalue weighted by molar-refractivity contribution is 5.78. The zero-order valence-corrected chi connectivity index (χ0v) is 23.4. The highest BCUT2D eigenvalue weighted by atomic mass is 16.5. The van der Waals surface area contributed by atoms with E-state index in [4.69, 9.17) is 19.6 Å². The van der Waals surface area contributed by atoms with E-state index in [-0.39, 0.29) is 5.41 Å². The van der Waals surface area contributed by atoms with Crippen LogP contribution in [0.4, 0.5) is 5.69 Å². The second kappa shape index (κ2) is 11.8. The van der Waals surface area contributed by atoms with Gasteiger partial charge in [-0.3, -0.25) is 14.6 Å². The summed E-state index contributed by atoms with van der Waals surface area (Å²) in [6.45, 7) is 10.5. The molecule has 0 radical (unpaired) electrons. The molecule has 2 aliphatic rings. The number of hydrogen-bond donors (Lipinski definition) is 0. The molecule has 0 spiro atoms. The SMILES string of the molecule is COCCN1CCN(c2ccc(Cc3nccc(-c4cn(CC5(C)COC5)nc4-c4cccnc4)n3)cc2)CC1. The molecule has 9 nitrogen and oxygen atoms in total. The number of nitrogens with zero attached hydrogens (tertiary/aromatic N) is 7. The van der Waals surface area contributed by atoms with Gasteiger partial charge in [0.1, 0.15) is 11.5 Å². The largest absolute Gasteiger partial charge is 0.383 e. The predicted molar refractivity (Wildman–Crippen MR) is 155 cm³/mol. The minimum Gasteiger partial charge on any atom is -0.383 e. The van der Waals surface area contributed by atoms with Crippen LogP contribution in [0.5, 0.6) is 0 Å². The lowest BCUT2D eigenvalue weighted by Gasteiger charge is -2.37. The van der Waals surface area contributed by atoms with Crippen LogP contribution < -0.4 is 4.90 Å². The Labute approximate surface area is 235 Å². The van der Waals surface area contributed by atoms with Crippen molar-refractivity contribution in [2.24, 2.45) is 5.41 Å². The van der Waals surface area contributed by atoms with Crippen LogP contribution in [0.3, 0.4) is 0 Å². The molecule has 9 heteroatoms. The van der Waals surface area contributed by atoms with E-state index in [0.717, 1.165) is 87.4 Å². The first-order valence-corrected chi connectivity index (χ1v) is 14.0. The molecule has 6 rings (SSSR count). The van der Waals surface area contributed by atoms with Crippen LogP contribution in [0.25, 0.3) is 22.5 Å². The first-order chi connectivity index (χ1) is 19.6. The molecule has 2 fully saturated rings. The average molecular weight is 540 g/mol. The second-order valence-corrected chi connectivity index (χ2v) is 11.2. The summed E-state index contributed by atoms with van der Waals surface area (Å²) in [7, 11) is 1.76. The van der Waals surface area contributed by atoms with Crippen LogP contribution >= 0.6 is 0 Å². The molecule has 208 valence electrons.